The first kappa shape index (κ1) is 17.0. The molecule has 6 nitrogen and oxygen atoms in total. The van der Waals surface area contributed by atoms with Crippen molar-refractivity contribution in [1.29, 1.82) is 0 Å². The van der Waals surface area contributed by atoms with Crippen molar-refractivity contribution in [2.24, 2.45) is 7.05 Å². The molecule has 0 radical (unpaired) electrons. The van der Waals surface area contributed by atoms with Crippen LogP contribution in [-0.2, 0) is 18.3 Å². The summed E-state index contributed by atoms with van der Waals surface area (Å²) in [4.78, 5) is 13.5. The lowest BCUT2D eigenvalue weighted by molar-refractivity contribution is 0.0526. The van der Waals surface area contributed by atoms with Gasteiger partial charge >= 0.3 is 5.97 Å². The summed E-state index contributed by atoms with van der Waals surface area (Å²) in [5.74, 6) is -0.325. The quantitative estimate of drug-likeness (QED) is 0.670. The van der Waals surface area contributed by atoms with Crippen LogP contribution in [0.25, 0.3) is 0 Å². The summed E-state index contributed by atoms with van der Waals surface area (Å²) >= 11 is 5.38. The summed E-state index contributed by atoms with van der Waals surface area (Å²) < 4.78 is 6.71. The summed E-state index contributed by atoms with van der Waals surface area (Å²) in [6.07, 6.45) is 1.90. The van der Waals surface area contributed by atoms with Crippen molar-refractivity contribution in [2.75, 3.05) is 19.0 Å². The fraction of sp³-hybridized carbons (Fsp3) is 0.312. The number of carbonyl (C=O) groups excluding carboxylic acids is 1. The Bertz CT molecular complexity index is 682. The van der Waals surface area contributed by atoms with E-state index in [1.54, 1.807) is 35.9 Å². The number of thiocarbonyl (C=S) groups is 1. The minimum Gasteiger partial charge on any atom is -0.462 e. The molecule has 0 unspecified atom stereocenters. The third-order valence-electron chi connectivity index (χ3n) is 3.16. The Hall–Kier alpha value is -2.41. The van der Waals surface area contributed by atoms with Crippen molar-refractivity contribution in [3.63, 3.8) is 0 Å². The van der Waals surface area contributed by atoms with Crippen molar-refractivity contribution in [3.05, 3.63) is 47.8 Å². The number of ether oxygens (including phenoxy) is 1. The zero-order chi connectivity index (χ0) is 16.8. The molecular formula is C16H20N4O2S. The topological polar surface area (TPSA) is 59.4 Å². The Morgan fingerprint density at radius 1 is 1.35 bits per heavy atom. The van der Waals surface area contributed by atoms with Crippen LogP contribution in [0.2, 0.25) is 0 Å². The van der Waals surface area contributed by atoms with Crippen LogP contribution < -0.4 is 5.32 Å². The summed E-state index contributed by atoms with van der Waals surface area (Å²) in [6, 6.07) is 8.97. The molecule has 122 valence electrons. The Kier molecular flexibility index (Phi) is 5.70. The van der Waals surface area contributed by atoms with Gasteiger partial charge in [-0.3, -0.25) is 4.68 Å². The molecule has 0 saturated carbocycles. The molecule has 23 heavy (non-hydrogen) atoms. The van der Waals surface area contributed by atoms with Crippen LogP contribution in [0.4, 0.5) is 5.69 Å². The van der Waals surface area contributed by atoms with Crippen molar-refractivity contribution in [2.45, 2.75) is 13.5 Å². The number of nitrogens with zero attached hydrogens (tertiary/aromatic N) is 3. The van der Waals surface area contributed by atoms with Crippen LogP contribution in [0, 0.1) is 0 Å². The van der Waals surface area contributed by atoms with Gasteiger partial charge in [-0.25, -0.2) is 4.79 Å². The predicted molar refractivity (Wildman–Crippen MR) is 93.3 cm³/mol. The first-order valence-corrected chi connectivity index (χ1v) is 7.68. The third kappa shape index (κ3) is 4.79. The van der Waals surface area contributed by atoms with Crippen LogP contribution >= 0.6 is 12.2 Å². The molecule has 0 aliphatic carbocycles. The molecule has 2 aromatic rings. The normalized spacial score (nSPS) is 10.2. The highest BCUT2D eigenvalue weighted by Crippen LogP contribution is 2.12. The number of hydrogen-bond acceptors (Lipinski definition) is 4. The minimum absolute atomic E-state index is 0.325. The molecule has 0 aliphatic heterocycles. The number of carbonyl (C=O) groups is 1. The van der Waals surface area contributed by atoms with E-state index in [0.717, 1.165) is 11.4 Å². The molecule has 0 spiro atoms. The van der Waals surface area contributed by atoms with Gasteiger partial charge in [-0.1, -0.05) is 0 Å². The molecule has 2 rings (SSSR count). The monoisotopic (exact) mass is 332 g/mol. The molecule has 0 bridgehead atoms. The molecule has 1 aromatic carbocycles. The Balaban J connectivity index is 1.92. The standard InChI is InChI=1S/C16H20N4O2S/c1-4-22-15(21)12-5-7-13(8-6-12)17-16(23)19(2)11-14-9-10-20(3)18-14/h5-10H,4,11H2,1-3H3,(H,17,23). The number of aromatic nitrogens is 2. The highest BCUT2D eigenvalue weighted by atomic mass is 32.1. The lowest BCUT2D eigenvalue weighted by Gasteiger charge is -2.20. The second-order valence-corrected chi connectivity index (χ2v) is 5.45. The highest BCUT2D eigenvalue weighted by Gasteiger charge is 2.09. The van der Waals surface area contributed by atoms with E-state index in [1.807, 2.05) is 31.3 Å². The van der Waals surface area contributed by atoms with Crippen molar-refractivity contribution in [1.82, 2.24) is 14.7 Å². The predicted octanol–water partition coefficient (Wildman–Crippen LogP) is 2.43. The maximum absolute atomic E-state index is 11.6. The van der Waals surface area contributed by atoms with Gasteiger partial charge in [-0.05, 0) is 49.5 Å². The number of rotatable bonds is 5. The van der Waals surface area contributed by atoms with E-state index >= 15 is 0 Å². The second kappa shape index (κ2) is 7.73. The first-order valence-electron chi connectivity index (χ1n) is 7.27. The number of anilines is 1. The summed E-state index contributed by atoms with van der Waals surface area (Å²) in [6.45, 7) is 2.76. The molecule has 7 heteroatoms. The van der Waals surface area contributed by atoms with Crippen LogP contribution in [-0.4, -0.2) is 39.4 Å². The fourth-order valence-corrected chi connectivity index (χ4v) is 2.17. The van der Waals surface area contributed by atoms with E-state index in [-0.39, 0.29) is 5.97 Å². The zero-order valence-electron chi connectivity index (χ0n) is 13.4. The van der Waals surface area contributed by atoms with Gasteiger partial charge in [0.25, 0.3) is 0 Å². The van der Waals surface area contributed by atoms with Crippen molar-refractivity contribution in [3.8, 4) is 0 Å². The van der Waals surface area contributed by atoms with E-state index in [2.05, 4.69) is 10.4 Å². The van der Waals surface area contributed by atoms with Crippen LogP contribution in [0.5, 0.6) is 0 Å². The zero-order valence-corrected chi connectivity index (χ0v) is 14.3. The molecule has 1 heterocycles. The molecular weight excluding hydrogens is 312 g/mol. The lowest BCUT2D eigenvalue weighted by atomic mass is 10.2. The van der Waals surface area contributed by atoms with Crippen molar-refractivity contribution < 1.29 is 9.53 Å². The Morgan fingerprint density at radius 2 is 2.04 bits per heavy atom. The summed E-state index contributed by atoms with van der Waals surface area (Å²) in [5, 5.41) is 8.05. The molecule has 1 aromatic heterocycles. The maximum atomic E-state index is 11.6. The molecule has 0 fully saturated rings. The number of esters is 1. The second-order valence-electron chi connectivity index (χ2n) is 5.06. The van der Waals surface area contributed by atoms with Gasteiger partial charge in [0, 0.05) is 26.0 Å². The average Bonchev–Trinajstić information content (AvgIpc) is 2.93. The van der Waals surface area contributed by atoms with Gasteiger partial charge in [0.15, 0.2) is 5.11 Å². The number of hydrogen-bond donors (Lipinski definition) is 1. The molecule has 1 N–H and O–H groups in total. The number of aryl methyl sites for hydroxylation is 1. The molecule has 0 amide bonds. The van der Waals surface area contributed by atoms with E-state index in [4.69, 9.17) is 17.0 Å². The summed E-state index contributed by atoms with van der Waals surface area (Å²) in [5.41, 5.74) is 2.28. The van der Waals surface area contributed by atoms with Crippen LogP contribution in [0.15, 0.2) is 36.5 Å². The number of benzene rings is 1. The molecule has 0 saturated heterocycles. The van der Waals surface area contributed by atoms with Crippen LogP contribution in [0.3, 0.4) is 0 Å². The lowest BCUT2D eigenvalue weighted by Crippen LogP contribution is -2.30. The summed E-state index contributed by atoms with van der Waals surface area (Å²) in [7, 11) is 3.78. The smallest absolute Gasteiger partial charge is 0.338 e. The molecule has 0 atom stereocenters. The third-order valence-corrected chi connectivity index (χ3v) is 3.58. The largest absolute Gasteiger partial charge is 0.462 e. The van der Waals surface area contributed by atoms with E-state index in [0.29, 0.717) is 23.8 Å². The Morgan fingerprint density at radius 3 is 2.61 bits per heavy atom. The van der Waals surface area contributed by atoms with Crippen molar-refractivity contribution >= 4 is 29.0 Å². The van der Waals surface area contributed by atoms with Crippen LogP contribution in [0.1, 0.15) is 23.0 Å². The van der Waals surface area contributed by atoms with E-state index in [9.17, 15) is 4.79 Å². The fourth-order valence-electron chi connectivity index (χ4n) is 1.99. The SMILES string of the molecule is CCOC(=O)c1ccc(NC(=S)N(C)Cc2ccn(C)n2)cc1. The van der Waals surface area contributed by atoms with Gasteiger partial charge in [-0.15, -0.1) is 0 Å². The first-order chi connectivity index (χ1) is 11.0. The highest BCUT2D eigenvalue weighted by molar-refractivity contribution is 7.80. The van der Waals surface area contributed by atoms with Gasteiger partial charge in [0.1, 0.15) is 0 Å². The maximum Gasteiger partial charge on any atom is 0.338 e. The van der Waals surface area contributed by atoms with Gasteiger partial charge in [-0.2, -0.15) is 5.10 Å². The Labute approximate surface area is 141 Å². The molecule has 0 aliphatic rings. The van der Waals surface area contributed by atoms with Gasteiger partial charge < -0.3 is 15.0 Å². The number of nitrogens with one attached hydrogen (secondary N) is 1. The van der Waals surface area contributed by atoms with Gasteiger partial charge in [0.2, 0.25) is 0 Å². The van der Waals surface area contributed by atoms with E-state index in [1.165, 1.54) is 0 Å². The van der Waals surface area contributed by atoms with E-state index < -0.39 is 0 Å². The van der Waals surface area contributed by atoms with Gasteiger partial charge in [0.05, 0.1) is 24.4 Å². The average molecular weight is 332 g/mol. The minimum atomic E-state index is -0.325.